The zero-order valence-corrected chi connectivity index (χ0v) is 16.6. The summed E-state index contributed by atoms with van der Waals surface area (Å²) in [4.78, 5) is 24.9. The SMILES string of the molecule is CCCCCCCCC(=O)c1c(OC)oc(/C=N/Nc2ccccc2)cc1=O. The van der Waals surface area contributed by atoms with E-state index in [0.29, 0.717) is 6.42 Å². The molecule has 1 aromatic carbocycles. The largest absolute Gasteiger partial charge is 0.468 e. The fraction of sp³-hybridized carbons (Fsp3) is 0.409. The summed E-state index contributed by atoms with van der Waals surface area (Å²) in [6.45, 7) is 2.17. The molecule has 0 spiro atoms. The predicted molar refractivity (Wildman–Crippen MR) is 112 cm³/mol. The Bertz CT molecular complexity index is 828. The maximum Gasteiger partial charge on any atom is 0.299 e. The molecule has 0 saturated heterocycles. The molecule has 2 aromatic rings. The summed E-state index contributed by atoms with van der Waals surface area (Å²) in [5, 5.41) is 4.04. The molecule has 0 aliphatic rings. The van der Waals surface area contributed by atoms with Gasteiger partial charge in [-0.3, -0.25) is 15.0 Å². The highest BCUT2D eigenvalue weighted by atomic mass is 16.6. The summed E-state index contributed by atoms with van der Waals surface area (Å²) < 4.78 is 10.7. The molecular weight excluding hydrogens is 356 g/mol. The number of hydrogen-bond donors (Lipinski definition) is 1. The molecule has 0 aliphatic carbocycles. The third-order valence-electron chi connectivity index (χ3n) is 4.32. The van der Waals surface area contributed by atoms with E-state index in [4.69, 9.17) is 9.15 Å². The van der Waals surface area contributed by atoms with Crippen LogP contribution in [-0.2, 0) is 0 Å². The minimum Gasteiger partial charge on any atom is -0.468 e. The van der Waals surface area contributed by atoms with Crippen molar-refractivity contribution < 1.29 is 13.9 Å². The number of hydrazone groups is 1. The van der Waals surface area contributed by atoms with Crippen LogP contribution in [0.3, 0.4) is 0 Å². The van der Waals surface area contributed by atoms with Crippen molar-refractivity contribution in [2.75, 3.05) is 12.5 Å². The van der Waals surface area contributed by atoms with Crippen molar-refractivity contribution in [3.63, 3.8) is 0 Å². The van der Waals surface area contributed by atoms with Gasteiger partial charge in [-0.25, -0.2) is 0 Å². The van der Waals surface area contributed by atoms with E-state index in [1.165, 1.54) is 38.7 Å². The Balaban J connectivity index is 2.00. The number of unbranched alkanes of at least 4 members (excludes halogenated alkanes) is 5. The van der Waals surface area contributed by atoms with Gasteiger partial charge in [0.15, 0.2) is 17.0 Å². The number of Topliss-reactive ketones (excluding diaryl/α,β-unsaturated/α-hetero) is 1. The van der Waals surface area contributed by atoms with Gasteiger partial charge in [-0.1, -0.05) is 57.2 Å². The number of nitrogens with zero attached hydrogens (tertiary/aromatic N) is 1. The summed E-state index contributed by atoms with van der Waals surface area (Å²) in [6, 6.07) is 10.6. The molecule has 28 heavy (non-hydrogen) atoms. The molecule has 0 unspecified atom stereocenters. The Morgan fingerprint density at radius 3 is 2.57 bits per heavy atom. The van der Waals surface area contributed by atoms with Crippen molar-refractivity contribution in [3.05, 3.63) is 57.9 Å². The lowest BCUT2D eigenvalue weighted by molar-refractivity contribution is 0.0969. The fourth-order valence-electron chi connectivity index (χ4n) is 2.82. The number of anilines is 1. The van der Waals surface area contributed by atoms with Crippen LogP contribution in [0.4, 0.5) is 5.69 Å². The zero-order chi connectivity index (χ0) is 20.2. The number of ether oxygens (including phenoxy) is 1. The van der Waals surface area contributed by atoms with Gasteiger partial charge < -0.3 is 9.15 Å². The standard InChI is InChI=1S/C22H28N2O4/c1-3-4-5-6-7-11-14-19(25)21-20(26)15-18(28-22(21)27-2)16-23-24-17-12-9-8-10-13-17/h8-10,12-13,15-16,24H,3-7,11,14H2,1-2H3/b23-16+. The van der Waals surface area contributed by atoms with Gasteiger partial charge in [0.2, 0.25) is 0 Å². The van der Waals surface area contributed by atoms with E-state index in [9.17, 15) is 9.59 Å². The molecule has 2 rings (SSSR count). The van der Waals surface area contributed by atoms with Crippen molar-refractivity contribution in [1.82, 2.24) is 0 Å². The second-order valence-corrected chi connectivity index (χ2v) is 6.56. The highest BCUT2D eigenvalue weighted by Crippen LogP contribution is 2.19. The minimum atomic E-state index is -0.416. The van der Waals surface area contributed by atoms with E-state index >= 15 is 0 Å². The average molecular weight is 384 g/mol. The first-order chi connectivity index (χ1) is 13.7. The molecule has 1 aromatic heterocycles. The molecule has 1 heterocycles. The average Bonchev–Trinajstić information content (AvgIpc) is 2.70. The Labute approximate surface area is 165 Å². The number of rotatable bonds is 12. The van der Waals surface area contributed by atoms with Gasteiger partial charge >= 0.3 is 0 Å². The van der Waals surface area contributed by atoms with Crippen LogP contribution in [0.15, 0.2) is 50.7 Å². The molecular formula is C22H28N2O4. The van der Waals surface area contributed by atoms with E-state index in [1.807, 2.05) is 30.3 Å². The first-order valence-corrected chi connectivity index (χ1v) is 9.75. The van der Waals surface area contributed by atoms with Crippen LogP contribution in [0.25, 0.3) is 0 Å². The molecule has 0 aliphatic heterocycles. The smallest absolute Gasteiger partial charge is 0.299 e. The van der Waals surface area contributed by atoms with Crippen LogP contribution >= 0.6 is 0 Å². The number of nitrogens with one attached hydrogen (secondary N) is 1. The monoisotopic (exact) mass is 384 g/mol. The van der Waals surface area contributed by atoms with E-state index < -0.39 is 5.43 Å². The Morgan fingerprint density at radius 2 is 1.86 bits per heavy atom. The third-order valence-corrected chi connectivity index (χ3v) is 4.32. The fourth-order valence-corrected chi connectivity index (χ4v) is 2.82. The normalized spacial score (nSPS) is 10.9. The first-order valence-electron chi connectivity index (χ1n) is 9.75. The van der Waals surface area contributed by atoms with Crippen LogP contribution in [-0.4, -0.2) is 19.1 Å². The predicted octanol–water partition coefficient (Wildman–Crippen LogP) is 5.03. The maximum absolute atomic E-state index is 12.5. The molecule has 1 N–H and O–H groups in total. The number of carbonyl (C=O) groups is 1. The van der Waals surface area contributed by atoms with Gasteiger partial charge in [0.1, 0.15) is 5.56 Å². The van der Waals surface area contributed by atoms with Gasteiger partial charge in [-0.05, 0) is 18.6 Å². The number of ketones is 1. The molecule has 0 saturated carbocycles. The quantitative estimate of drug-likeness (QED) is 0.240. The van der Waals surface area contributed by atoms with Gasteiger partial charge in [0, 0.05) is 12.5 Å². The molecule has 0 atom stereocenters. The summed E-state index contributed by atoms with van der Waals surface area (Å²) >= 11 is 0. The minimum absolute atomic E-state index is 0.0239. The van der Waals surface area contributed by atoms with Crippen LogP contribution in [0.2, 0.25) is 0 Å². The van der Waals surface area contributed by atoms with Crippen LogP contribution in [0, 0.1) is 0 Å². The first kappa shape index (κ1) is 21.4. The molecule has 150 valence electrons. The summed E-state index contributed by atoms with van der Waals surface area (Å²) in [6.07, 6.45) is 8.12. The Hall–Kier alpha value is -2.89. The maximum atomic E-state index is 12.5. The van der Waals surface area contributed by atoms with Gasteiger partial charge in [-0.2, -0.15) is 5.10 Å². The Kier molecular flexibility index (Phi) is 8.98. The van der Waals surface area contributed by atoms with Gasteiger partial charge in [-0.15, -0.1) is 0 Å². The highest BCUT2D eigenvalue weighted by molar-refractivity contribution is 5.98. The van der Waals surface area contributed by atoms with Crippen LogP contribution < -0.4 is 15.6 Å². The lowest BCUT2D eigenvalue weighted by Gasteiger charge is -2.07. The van der Waals surface area contributed by atoms with E-state index in [-0.39, 0.29) is 23.1 Å². The molecule has 0 fully saturated rings. The molecule has 6 heteroatoms. The number of para-hydroxylation sites is 1. The van der Waals surface area contributed by atoms with Gasteiger partial charge in [0.05, 0.1) is 19.0 Å². The van der Waals surface area contributed by atoms with E-state index in [1.54, 1.807) is 0 Å². The second-order valence-electron chi connectivity index (χ2n) is 6.56. The molecule has 0 amide bonds. The number of benzene rings is 1. The Morgan fingerprint density at radius 1 is 1.14 bits per heavy atom. The summed E-state index contributed by atoms with van der Waals surface area (Å²) in [5.74, 6) is -0.0990. The van der Waals surface area contributed by atoms with Crippen molar-refractivity contribution in [2.45, 2.75) is 51.9 Å². The van der Waals surface area contributed by atoms with Crippen molar-refractivity contribution in [2.24, 2.45) is 5.10 Å². The van der Waals surface area contributed by atoms with Crippen LogP contribution in [0.5, 0.6) is 5.95 Å². The number of hydrogen-bond acceptors (Lipinski definition) is 6. The van der Waals surface area contributed by atoms with Crippen LogP contribution in [0.1, 0.15) is 68.0 Å². The summed E-state index contributed by atoms with van der Waals surface area (Å²) in [5.41, 5.74) is 3.20. The van der Waals surface area contributed by atoms with Crippen molar-refractivity contribution in [3.8, 4) is 5.95 Å². The van der Waals surface area contributed by atoms with Gasteiger partial charge in [0.25, 0.3) is 5.95 Å². The van der Waals surface area contributed by atoms with E-state index in [2.05, 4.69) is 17.5 Å². The zero-order valence-electron chi connectivity index (χ0n) is 16.6. The van der Waals surface area contributed by atoms with Crippen molar-refractivity contribution >= 4 is 17.7 Å². The molecule has 0 radical (unpaired) electrons. The lowest BCUT2D eigenvalue weighted by atomic mass is 10.0. The highest BCUT2D eigenvalue weighted by Gasteiger charge is 2.19. The number of carbonyl (C=O) groups excluding carboxylic acids is 1. The lowest BCUT2D eigenvalue weighted by Crippen LogP contribution is -2.17. The molecule has 0 bridgehead atoms. The van der Waals surface area contributed by atoms with E-state index in [0.717, 1.165) is 24.9 Å². The third kappa shape index (κ3) is 6.68. The molecule has 6 nitrogen and oxygen atoms in total. The topological polar surface area (TPSA) is 80.9 Å². The number of methoxy groups -OCH3 is 1. The summed E-state index contributed by atoms with van der Waals surface area (Å²) in [7, 11) is 1.38. The van der Waals surface area contributed by atoms with Crippen molar-refractivity contribution in [1.29, 1.82) is 0 Å². The second kappa shape index (κ2) is 11.7.